The Balaban J connectivity index is 1.98. The molecule has 5 nitrogen and oxygen atoms in total. The Morgan fingerprint density at radius 1 is 0.955 bits per heavy atom. The van der Waals surface area contributed by atoms with Gasteiger partial charge in [-0.2, -0.15) is 0 Å². The van der Waals surface area contributed by atoms with Crippen molar-refractivity contribution in [1.29, 1.82) is 0 Å². The van der Waals surface area contributed by atoms with E-state index in [1.807, 2.05) is 6.07 Å². The van der Waals surface area contributed by atoms with E-state index in [9.17, 15) is 0 Å². The van der Waals surface area contributed by atoms with Gasteiger partial charge in [0.25, 0.3) is 0 Å². The van der Waals surface area contributed by atoms with Crippen LogP contribution in [0.1, 0.15) is 0 Å². The third-order valence-corrected chi connectivity index (χ3v) is 3.32. The van der Waals surface area contributed by atoms with Crippen LogP contribution < -0.4 is 9.47 Å². The topological polar surface area (TPSA) is 57.4 Å². The van der Waals surface area contributed by atoms with Gasteiger partial charge in [0, 0.05) is 0 Å². The van der Waals surface area contributed by atoms with Crippen LogP contribution in [-0.4, -0.2) is 17.1 Å². The number of rotatable bonds is 4. The molecule has 2 heterocycles. The molecule has 112 valence electrons. The van der Waals surface area contributed by atoms with Crippen LogP contribution in [0.3, 0.4) is 0 Å². The Kier molecular flexibility index (Phi) is 4.18. The molecule has 0 unspecified atom stereocenters. The zero-order valence-electron chi connectivity index (χ0n) is 11.4. The molecule has 0 saturated heterocycles. The van der Waals surface area contributed by atoms with Crippen molar-refractivity contribution < 1.29 is 13.9 Å². The van der Waals surface area contributed by atoms with E-state index in [1.165, 1.54) is 6.26 Å². The first-order valence-corrected chi connectivity index (χ1v) is 7.02. The SMILES string of the molecule is COc1ccccc1Oc1c(Cl)nc(-c2ccco2)nc1Cl. The fourth-order valence-electron chi connectivity index (χ4n) is 1.81. The molecular weight excluding hydrogens is 327 g/mol. The lowest BCUT2D eigenvalue weighted by Gasteiger charge is -2.12. The lowest BCUT2D eigenvalue weighted by Crippen LogP contribution is -1.96. The van der Waals surface area contributed by atoms with Crippen molar-refractivity contribution >= 4 is 23.2 Å². The van der Waals surface area contributed by atoms with Gasteiger partial charge in [-0.15, -0.1) is 0 Å². The van der Waals surface area contributed by atoms with Crippen LogP contribution in [0.4, 0.5) is 0 Å². The van der Waals surface area contributed by atoms with Crippen molar-refractivity contribution in [3.63, 3.8) is 0 Å². The van der Waals surface area contributed by atoms with Crippen LogP contribution in [0.5, 0.6) is 17.2 Å². The Bertz CT molecular complexity index is 768. The Hall–Kier alpha value is -2.24. The summed E-state index contributed by atoms with van der Waals surface area (Å²) in [6, 6.07) is 10.5. The summed E-state index contributed by atoms with van der Waals surface area (Å²) in [5.74, 6) is 1.91. The minimum Gasteiger partial charge on any atom is -0.493 e. The van der Waals surface area contributed by atoms with Crippen molar-refractivity contribution in [2.75, 3.05) is 7.11 Å². The van der Waals surface area contributed by atoms with Crippen LogP contribution in [-0.2, 0) is 0 Å². The molecule has 0 aliphatic carbocycles. The van der Waals surface area contributed by atoms with Gasteiger partial charge in [-0.05, 0) is 24.3 Å². The molecule has 0 bridgehead atoms. The molecule has 0 spiro atoms. The number of hydrogen-bond acceptors (Lipinski definition) is 5. The Morgan fingerprint density at radius 3 is 2.23 bits per heavy atom. The number of ether oxygens (including phenoxy) is 2. The molecule has 0 aliphatic rings. The molecule has 0 fully saturated rings. The fourth-order valence-corrected chi connectivity index (χ4v) is 2.28. The van der Waals surface area contributed by atoms with E-state index in [0.29, 0.717) is 17.3 Å². The van der Waals surface area contributed by atoms with Crippen molar-refractivity contribution in [1.82, 2.24) is 9.97 Å². The van der Waals surface area contributed by atoms with E-state index in [-0.39, 0.29) is 21.9 Å². The second-order valence-corrected chi connectivity index (χ2v) is 4.90. The molecule has 3 aromatic rings. The van der Waals surface area contributed by atoms with Crippen LogP contribution >= 0.6 is 23.2 Å². The van der Waals surface area contributed by atoms with E-state index in [0.717, 1.165) is 0 Å². The predicted octanol–water partition coefficient (Wildman–Crippen LogP) is 4.84. The molecule has 0 atom stereocenters. The third kappa shape index (κ3) is 2.86. The van der Waals surface area contributed by atoms with Crippen molar-refractivity contribution in [2.45, 2.75) is 0 Å². The number of methoxy groups -OCH3 is 1. The van der Waals surface area contributed by atoms with E-state index >= 15 is 0 Å². The normalized spacial score (nSPS) is 10.5. The van der Waals surface area contributed by atoms with Gasteiger partial charge in [0.15, 0.2) is 33.4 Å². The van der Waals surface area contributed by atoms with Crippen LogP contribution in [0.25, 0.3) is 11.6 Å². The molecular formula is C15H10Cl2N2O3. The van der Waals surface area contributed by atoms with Gasteiger partial charge < -0.3 is 13.9 Å². The third-order valence-electron chi connectivity index (χ3n) is 2.81. The zero-order valence-corrected chi connectivity index (χ0v) is 12.9. The standard InChI is InChI=1S/C15H10Cl2N2O3/c1-20-9-5-2-3-6-10(9)22-12-13(16)18-15(19-14(12)17)11-7-4-8-21-11/h2-8H,1H3. The quantitative estimate of drug-likeness (QED) is 0.637. The Morgan fingerprint density at radius 2 is 1.64 bits per heavy atom. The second kappa shape index (κ2) is 6.25. The van der Waals surface area contributed by atoms with Gasteiger partial charge in [0.05, 0.1) is 13.4 Å². The average molecular weight is 337 g/mol. The monoisotopic (exact) mass is 336 g/mol. The van der Waals surface area contributed by atoms with Crippen molar-refractivity contribution in [2.24, 2.45) is 0 Å². The smallest absolute Gasteiger partial charge is 0.202 e. The number of benzene rings is 1. The summed E-state index contributed by atoms with van der Waals surface area (Å²) in [7, 11) is 1.54. The molecule has 2 aromatic heterocycles. The molecule has 3 rings (SSSR count). The van der Waals surface area contributed by atoms with Gasteiger partial charge in [0.2, 0.25) is 5.75 Å². The van der Waals surface area contributed by atoms with Gasteiger partial charge in [-0.1, -0.05) is 35.3 Å². The predicted molar refractivity (Wildman–Crippen MR) is 82.8 cm³/mol. The molecule has 7 heteroatoms. The number of para-hydroxylation sites is 2. The van der Waals surface area contributed by atoms with Crippen molar-refractivity contribution in [3.05, 3.63) is 53.0 Å². The maximum absolute atomic E-state index is 6.15. The second-order valence-electron chi connectivity index (χ2n) is 4.19. The highest BCUT2D eigenvalue weighted by molar-refractivity contribution is 6.35. The highest BCUT2D eigenvalue weighted by Gasteiger charge is 2.17. The minimum atomic E-state index is 0.0808. The largest absolute Gasteiger partial charge is 0.493 e. The number of nitrogens with zero attached hydrogens (tertiary/aromatic N) is 2. The fraction of sp³-hybridized carbons (Fsp3) is 0.0667. The van der Waals surface area contributed by atoms with Gasteiger partial charge in [-0.3, -0.25) is 0 Å². The highest BCUT2D eigenvalue weighted by atomic mass is 35.5. The van der Waals surface area contributed by atoms with E-state index < -0.39 is 0 Å². The lowest BCUT2D eigenvalue weighted by atomic mass is 10.3. The molecule has 1 aromatic carbocycles. The summed E-state index contributed by atoms with van der Waals surface area (Å²) in [6.45, 7) is 0. The summed E-state index contributed by atoms with van der Waals surface area (Å²) >= 11 is 12.3. The number of halogens is 2. The van der Waals surface area contributed by atoms with Crippen LogP contribution in [0, 0.1) is 0 Å². The summed E-state index contributed by atoms with van der Waals surface area (Å²) in [5.41, 5.74) is 0. The van der Waals surface area contributed by atoms with Crippen molar-refractivity contribution in [3.8, 4) is 28.8 Å². The van der Waals surface area contributed by atoms with E-state index in [1.54, 1.807) is 37.4 Å². The number of aromatic nitrogens is 2. The number of hydrogen-bond donors (Lipinski definition) is 0. The number of furan rings is 1. The summed E-state index contributed by atoms with van der Waals surface area (Å²) in [6.07, 6.45) is 1.51. The van der Waals surface area contributed by atoms with Gasteiger partial charge >= 0.3 is 0 Å². The molecule has 0 N–H and O–H groups in total. The van der Waals surface area contributed by atoms with E-state index in [4.69, 9.17) is 37.1 Å². The van der Waals surface area contributed by atoms with Crippen LogP contribution in [0.15, 0.2) is 47.1 Å². The average Bonchev–Trinajstić information content (AvgIpc) is 3.05. The molecule has 0 saturated carbocycles. The summed E-state index contributed by atoms with van der Waals surface area (Å²) in [5, 5.41) is 0.162. The molecule has 22 heavy (non-hydrogen) atoms. The first kappa shape index (κ1) is 14.7. The maximum Gasteiger partial charge on any atom is 0.202 e. The molecule has 0 radical (unpaired) electrons. The van der Waals surface area contributed by atoms with E-state index in [2.05, 4.69) is 9.97 Å². The first-order valence-electron chi connectivity index (χ1n) is 6.27. The van der Waals surface area contributed by atoms with Gasteiger partial charge in [-0.25, -0.2) is 9.97 Å². The minimum absolute atomic E-state index is 0.0808. The Labute approximate surface area is 136 Å². The van der Waals surface area contributed by atoms with Gasteiger partial charge in [0.1, 0.15) is 0 Å². The highest BCUT2D eigenvalue weighted by Crippen LogP contribution is 2.38. The summed E-state index contributed by atoms with van der Waals surface area (Å²) in [4.78, 5) is 8.28. The maximum atomic E-state index is 6.15. The zero-order chi connectivity index (χ0) is 15.5. The van der Waals surface area contributed by atoms with Crippen LogP contribution in [0.2, 0.25) is 10.3 Å². The summed E-state index contributed by atoms with van der Waals surface area (Å²) < 4.78 is 16.1. The molecule has 0 amide bonds. The lowest BCUT2D eigenvalue weighted by molar-refractivity contribution is 0.378. The molecule has 0 aliphatic heterocycles. The first-order chi connectivity index (χ1) is 10.7.